The lowest BCUT2D eigenvalue weighted by atomic mass is 9.98. The molecule has 194 valence electrons. The van der Waals surface area contributed by atoms with E-state index < -0.39 is 5.25 Å². The average Bonchev–Trinajstić information content (AvgIpc) is 3.48. The SMILES string of the molecule is COc1ccc(C2=NN(C3=NC(=O)[C@@H](CC(=O)Nc4cc(C)cc(C)c4)S3)[C@@H](c3ccc(C)cc3)C2)cc1. The quantitative estimate of drug-likeness (QED) is 0.439. The van der Waals surface area contributed by atoms with E-state index in [9.17, 15) is 9.59 Å². The Kier molecular flexibility index (Phi) is 7.33. The van der Waals surface area contributed by atoms with Gasteiger partial charge in [0.25, 0.3) is 5.91 Å². The van der Waals surface area contributed by atoms with Gasteiger partial charge in [-0.05, 0) is 79.4 Å². The van der Waals surface area contributed by atoms with E-state index in [0.717, 1.165) is 39.4 Å². The number of carbonyl (C=O) groups is 2. The van der Waals surface area contributed by atoms with E-state index in [1.807, 2.05) is 61.3 Å². The van der Waals surface area contributed by atoms with Gasteiger partial charge in [0.05, 0.1) is 18.9 Å². The van der Waals surface area contributed by atoms with Crippen LogP contribution < -0.4 is 10.1 Å². The minimum absolute atomic E-state index is 0.0432. The molecular formula is C30H30N4O3S. The van der Waals surface area contributed by atoms with Crippen molar-refractivity contribution in [2.75, 3.05) is 12.4 Å². The maximum Gasteiger partial charge on any atom is 0.262 e. The minimum Gasteiger partial charge on any atom is -0.497 e. The highest BCUT2D eigenvalue weighted by Gasteiger charge is 2.39. The summed E-state index contributed by atoms with van der Waals surface area (Å²) in [6.45, 7) is 6.03. The van der Waals surface area contributed by atoms with Gasteiger partial charge in [-0.2, -0.15) is 10.1 Å². The molecule has 2 aliphatic rings. The normalized spacial score (nSPS) is 18.8. The van der Waals surface area contributed by atoms with E-state index in [1.165, 1.54) is 17.3 Å². The number of benzene rings is 3. The zero-order chi connectivity index (χ0) is 26.8. The summed E-state index contributed by atoms with van der Waals surface area (Å²) in [5.74, 6) is 0.259. The van der Waals surface area contributed by atoms with Crippen molar-refractivity contribution in [2.45, 2.75) is 44.9 Å². The lowest BCUT2D eigenvalue weighted by Gasteiger charge is -2.23. The molecular weight excluding hydrogens is 496 g/mol. The van der Waals surface area contributed by atoms with Gasteiger partial charge in [0.2, 0.25) is 5.91 Å². The number of aryl methyl sites for hydroxylation is 3. The van der Waals surface area contributed by atoms with E-state index in [-0.39, 0.29) is 24.3 Å². The summed E-state index contributed by atoms with van der Waals surface area (Å²) < 4.78 is 5.30. The Bertz CT molecular complexity index is 1410. The predicted molar refractivity (Wildman–Crippen MR) is 153 cm³/mol. The van der Waals surface area contributed by atoms with Crippen LogP contribution in [-0.4, -0.2) is 40.1 Å². The third-order valence-corrected chi connectivity index (χ3v) is 7.74. The number of hydrogen-bond donors (Lipinski definition) is 1. The number of aliphatic imine (C=N–C) groups is 1. The Balaban J connectivity index is 1.35. The van der Waals surface area contributed by atoms with Crippen LogP contribution in [0.2, 0.25) is 0 Å². The highest BCUT2D eigenvalue weighted by atomic mass is 32.2. The van der Waals surface area contributed by atoms with Gasteiger partial charge in [-0.15, -0.1) is 0 Å². The molecule has 38 heavy (non-hydrogen) atoms. The van der Waals surface area contributed by atoms with Gasteiger partial charge >= 0.3 is 0 Å². The summed E-state index contributed by atoms with van der Waals surface area (Å²) in [5, 5.41) is 9.62. The number of nitrogens with zero attached hydrogens (tertiary/aromatic N) is 3. The predicted octanol–water partition coefficient (Wildman–Crippen LogP) is 5.80. The fourth-order valence-corrected chi connectivity index (χ4v) is 5.79. The third kappa shape index (κ3) is 5.65. The summed E-state index contributed by atoms with van der Waals surface area (Å²) >= 11 is 1.30. The number of amidine groups is 1. The van der Waals surface area contributed by atoms with E-state index >= 15 is 0 Å². The van der Waals surface area contributed by atoms with Crippen LogP contribution in [0, 0.1) is 20.8 Å². The Hall–Kier alpha value is -3.91. The van der Waals surface area contributed by atoms with Crippen LogP contribution in [0.5, 0.6) is 5.75 Å². The first-order valence-electron chi connectivity index (χ1n) is 12.5. The first-order chi connectivity index (χ1) is 18.3. The van der Waals surface area contributed by atoms with Crippen LogP contribution in [0.25, 0.3) is 0 Å². The molecule has 2 atom stereocenters. The molecule has 3 aromatic carbocycles. The Labute approximate surface area is 227 Å². The topological polar surface area (TPSA) is 83.4 Å². The van der Waals surface area contributed by atoms with Crippen LogP contribution >= 0.6 is 11.8 Å². The zero-order valence-electron chi connectivity index (χ0n) is 21.9. The van der Waals surface area contributed by atoms with Crippen LogP contribution in [0.3, 0.4) is 0 Å². The fraction of sp³-hybridized carbons (Fsp3) is 0.267. The van der Waals surface area contributed by atoms with Crippen LogP contribution in [0.4, 0.5) is 5.69 Å². The molecule has 0 saturated carbocycles. The Morgan fingerprint density at radius 2 is 1.68 bits per heavy atom. The van der Waals surface area contributed by atoms with Crippen molar-refractivity contribution in [1.29, 1.82) is 0 Å². The van der Waals surface area contributed by atoms with Crippen LogP contribution in [0.1, 0.15) is 46.7 Å². The fourth-order valence-electron chi connectivity index (χ4n) is 4.72. The number of amides is 2. The molecule has 0 aliphatic carbocycles. The highest BCUT2D eigenvalue weighted by Crippen LogP contribution is 2.39. The van der Waals surface area contributed by atoms with Crippen molar-refractivity contribution in [3.8, 4) is 5.75 Å². The van der Waals surface area contributed by atoms with Gasteiger partial charge < -0.3 is 10.1 Å². The molecule has 0 spiro atoms. The number of carbonyl (C=O) groups excluding carboxylic acids is 2. The smallest absolute Gasteiger partial charge is 0.262 e. The van der Waals surface area contributed by atoms with E-state index in [0.29, 0.717) is 11.6 Å². The molecule has 2 amide bonds. The Morgan fingerprint density at radius 3 is 2.34 bits per heavy atom. The van der Waals surface area contributed by atoms with E-state index in [1.54, 1.807) is 7.11 Å². The van der Waals surface area contributed by atoms with Crippen LogP contribution in [-0.2, 0) is 9.59 Å². The molecule has 2 heterocycles. The van der Waals surface area contributed by atoms with Crippen molar-refractivity contribution in [2.24, 2.45) is 10.1 Å². The van der Waals surface area contributed by atoms with Crippen molar-refractivity contribution in [3.05, 3.63) is 94.5 Å². The van der Waals surface area contributed by atoms with Crippen molar-refractivity contribution < 1.29 is 14.3 Å². The maximum absolute atomic E-state index is 12.9. The van der Waals surface area contributed by atoms with Gasteiger partial charge in [-0.25, -0.2) is 5.01 Å². The van der Waals surface area contributed by atoms with Crippen molar-refractivity contribution >= 4 is 40.1 Å². The molecule has 2 aliphatic heterocycles. The van der Waals surface area contributed by atoms with Crippen molar-refractivity contribution in [3.63, 3.8) is 0 Å². The number of hydrogen-bond acceptors (Lipinski definition) is 6. The lowest BCUT2D eigenvalue weighted by molar-refractivity contribution is -0.121. The third-order valence-electron chi connectivity index (χ3n) is 6.60. The second-order valence-corrected chi connectivity index (χ2v) is 10.9. The van der Waals surface area contributed by atoms with Gasteiger partial charge in [-0.3, -0.25) is 9.59 Å². The number of hydrazone groups is 1. The maximum atomic E-state index is 12.9. The summed E-state index contributed by atoms with van der Waals surface area (Å²) in [6.07, 6.45) is 0.711. The summed E-state index contributed by atoms with van der Waals surface area (Å²) in [7, 11) is 1.64. The monoisotopic (exact) mass is 526 g/mol. The van der Waals surface area contributed by atoms with Gasteiger partial charge in [0, 0.05) is 18.5 Å². The van der Waals surface area contributed by atoms with Gasteiger partial charge in [0.1, 0.15) is 11.0 Å². The first kappa shape index (κ1) is 25.7. The second kappa shape index (κ2) is 10.8. The molecule has 0 unspecified atom stereocenters. The minimum atomic E-state index is -0.588. The van der Waals surface area contributed by atoms with Gasteiger partial charge in [0.15, 0.2) is 5.17 Å². The standard InChI is InChI=1S/C30H30N4O3S/c1-18-5-7-22(8-6-18)26-16-25(21-9-11-24(37-4)12-10-21)33-34(26)30-32-29(36)27(38-30)17-28(35)31-23-14-19(2)13-20(3)15-23/h5-15,26-27H,16-17H2,1-4H3,(H,31,35)/t26-,27-/m1/s1. The molecule has 1 N–H and O–H groups in total. The Morgan fingerprint density at radius 1 is 1.00 bits per heavy atom. The first-order valence-corrected chi connectivity index (χ1v) is 13.4. The van der Waals surface area contributed by atoms with Gasteiger partial charge in [-0.1, -0.05) is 47.7 Å². The molecule has 5 rings (SSSR count). The number of anilines is 1. The number of ether oxygens (including phenoxy) is 1. The summed E-state index contributed by atoms with van der Waals surface area (Å²) in [5.41, 5.74) is 7.03. The van der Waals surface area contributed by atoms with E-state index in [4.69, 9.17) is 9.84 Å². The molecule has 0 saturated heterocycles. The average molecular weight is 527 g/mol. The zero-order valence-corrected chi connectivity index (χ0v) is 22.7. The molecule has 0 fully saturated rings. The lowest BCUT2D eigenvalue weighted by Crippen LogP contribution is -2.25. The van der Waals surface area contributed by atoms with Crippen molar-refractivity contribution in [1.82, 2.24) is 5.01 Å². The largest absolute Gasteiger partial charge is 0.497 e. The number of methoxy groups -OCH3 is 1. The molecule has 3 aromatic rings. The van der Waals surface area contributed by atoms with Crippen LogP contribution in [0.15, 0.2) is 76.8 Å². The number of rotatable bonds is 6. The molecule has 0 aromatic heterocycles. The number of nitrogens with one attached hydrogen (secondary N) is 1. The summed E-state index contributed by atoms with van der Waals surface area (Å²) in [4.78, 5) is 30.0. The number of thioether (sulfide) groups is 1. The molecule has 0 radical (unpaired) electrons. The second-order valence-electron chi connectivity index (χ2n) is 9.72. The molecule has 8 heteroatoms. The molecule has 7 nitrogen and oxygen atoms in total. The summed E-state index contributed by atoms with van der Waals surface area (Å²) in [6, 6.07) is 21.9. The molecule has 0 bridgehead atoms. The highest BCUT2D eigenvalue weighted by molar-refractivity contribution is 8.15. The van der Waals surface area contributed by atoms with E-state index in [2.05, 4.69) is 41.5 Å².